The predicted octanol–water partition coefficient (Wildman–Crippen LogP) is 1.36. The number of hydrogen-bond donors (Lipinski definition) is 2. The minimum Gasteiger partial charge on any atom is -0.396 e. The monoisotopic (exact) mass is 248 g/mol. The van der Waals surface area contributed by atoms with Gasteiger partial charge in [0.15, 0.2) is 11.0 Å². The number of rotatable bonds is 4. The Kier molecular flexibility index (Phi) is 2.95. The number of halogens is 2. The average Bonchev–Trinajstić information content (AvgIpc) is 3.00. The van der Waals surface area contributed by atoms with Crippen molar-refractivity contribution in [3.05, 3.63) is 10.4 Å². The van der Waals surface area contributed by atoms with Crippen molar-refractivity contribution in [2.75, 3.05) is 18.5 Å². The van der Waals surface area contributed by atoms with E-state index in [1.165, 1.54) is 0 Å². The van der Waals surface area contributed by atoms with Gasteiger partial charge in [-0.15, -0.1) is 10.2 Å². The largest absolute Gasteiger partial charge is 0.396 e. The maximum atomic E-state index is 9.11. The van der Waals surface area contributed by atoms with Gasteiger partial charge in [0.1, 0.15) is 0 Å². The maximum Gasteiger partial charge on any atom is 0.245 e. The number of aromatic nitrogens is 3. The molecule has 1 aromatic rings. The summed E-state index contributed by atoms with van der Waals surface area (Å²) in [6, 6.07) is 0. The van der Waals surface area contributed by atoms with Gasteiger partial charge in [-0.3, -0.25) is 0 Å². The lowest BCUT2D eigenvalue weighted by Gasteiger charge is -2.13. The van der Waals surface area contributed by atoms with Gasteiger partial charge >= 0.3 is 0 Å². The van der Waals surface area contributed by atoms with Crippen molar-refractivity contribution in [1.82, 2.24) is 15.2 Å². The van der Waals surface area contributed by atoms with Gasteiger partial charge in [-0.05, 0) is 24.4 Å². The van der Waals surface area contributed by atoms with E-state index in [-0.39, 0.29) is 22.5 Å². The fourth-order valence-corrected chi connectivity index (χ4v) is 1.51. The van der Waals surface area contributed by atoms with Crippen LogP contribution in [-0.2, 0) is 0 Å². The van der Waals surface area contributed by atoms with Gasteiger partial charge in [0.25, 0.3) is 0 Å². The van der Waals surface area contributed by atoms with Gasteiger partial charge in [0, 0.05) is 12.0 Å². The molecule has 2 rings (SSSR count). The number of nitrogens with one attached hydrogen (secondary N) is 1. The Morgan fingerprint density at radius 3 is 2.67 bits per heavy atom. The molecular weight excluding hydrogens is 239 g/mol. The van der Waals surface area contributed by atoms with E-state index in [1.54, 1.807) is 0 Å². The van der Waals surface area contributed by atoms with E-state index in [4.69, 9.17) is 28.3 Å². The topological polar surface area (TPSA) is 70.9 Å². The third kappa shape index (κ3) is 2.48. The van der Waals surface area contributed by atoms with Crippen LogP contribution in [0.1, 0.15) is 12.8 Å². The fraction of sp³-hybridized carbons (Fsp3) is 0.625. The van der Waals surface area contributed by atoms with Crippen LogP contribution in [0.3, 0.4) is 0 Å². The van der Waals surface area contributed by atoms with Crippen LogP contribution in [0.15, 0.2) is 0 Å². The molecule has 82 valence electrons. The molecule has 15 heavy (non-hydrogen) atoms. The Bertz CT molecular complexity index is 370. The van der Waals surface area contributed by atoms with E-state index >= 15 is 0 Å². The van der Waals surface area contributed by atoms with Crippen molar-refractivity contribution in [2.24, 2.45) is 5.41 Å². The van der Waals surface area contributed by atoms with Crippen molar-refractivity contribution in [3.63, 3.8) is 0 Å². The molecule has 2 N–H and O–H groups in total. The lowest BCUT2D eigenvalue weighted by Crippen LogP contribution is -2.20. The van der Waals surface area contributed by atoms with Crippen molar-refractivity contribution in [3.8, 4) is 0 Å². The first-order chi connectivity index (χ1) is 7.15. The molecule has 7 heteroatoms. The molecule has 0 spiro atoms. The van der Waals surface area contributed by atoms with Crippen LogP contribution in [0.2, 0.25) is 10.4 Å². The first kappa shape index (κ1) is 10.9. The molecule has 0 aromatic carbocycles. The quantitative estimate of drug-likeness (QED) is 0.843. The Labute approximate surface area is 96.8 Å². The normalized spacial score (nSPS) is 17.5. The summed E-state index contributed by atoms with van der Waals surface area (Å²) in [5, 5.41) is 19.5. The highest BCUT2D eigenvalue weighted by Crippen LogP contribution is 2.45. The van der Waals surface area contributed by atoms with Crippen LogP contribution in [0, 0.1) is 5.41 Å². The lowest BCUT2D eigenvalue weighted by atomic mass is 10.1. The highest BCUT2D eigenvalue weighted by molar-refractivity contribution is 6.32. The first-order valence-electron chi connectivity index (χ1n) is 4.56. The zero-order valence-corrected chi connectivity index (χ0v) is 9.39. The zero-order chi connectivity index (χ0) is 10.9. The van der Waals surface area contributed by atoms with E-state index in [9.17, 15) is 0 Å². The van der Waals surface area contributed by atoms with Crippen LogP contribution in [-0.4, -0.2) is 33.4 Å². The van der Waals surface area contributed by atoms with Gasteiger partial charge in [-0.25, -0.2) is 0 Å². The molecule has 1 aliphatic rings. The summed E-state index contributed by atoms with van der Waals surface area (Å²) in [5.74, 6) is 0.413. The summed E-state index contributed by atoms with van der Waals surface area (Å²) in [7, 11) is 0. The van der Waals surface area contributed by atoms with Crippen LogP contribution in [0.25, 0.3) is 0 Å². The molecule has 5 nitrogen and oxygen atoms in total. The van der Waals surface area contributed by atoms with Gasteiger partial charge in [0.05, 0.1) is 6.61 Å². The van der Waals surface area contributed by atoms with Gasteiger partial charge in [-0.2, -0.15) is 4.98 Å². The molecule has 1 heterocycles. The highest BCUT2D eigenvalue weighted by atomic mass is 35.5. The zero-order valence-electron chi connectivity index (χ0n) is 7.87. The standard InChI is InChI=1S/C8H10Cl2N4O/c9-5-6(12-7(10)14-13-5)11-3-8(4-15)1-2-8/h15H,1-4H2,(H,11,12,14). The number of nitrogens with zero attached hydrogens (tertiary/aromatic N) is 3. The van der Waals surface area contributed by atoms with Gasteiger partial charge in [0.2, 0.25) is 5.28 Å². The average molecular weight is 249 g/mol. The molecule has 1 aliphatic carbocycles. The summed E-state index contributed by atoms with van der Waals surface area (Å²) in [4.78, 5) is 3.90. The summed E-state index contributed by atoms with van der Waals surface area (Å²) >= 11 is 11.4. The molecule has 0 radical (unpaired) electrons. The van der Waals surface area contributed by atoms with Crippen molar-refractivity contribution in [1.29, 1.82) is 0 Å². The number of anilines is 1. The van der Waals surface area contributed by atoms with E-state index in [2.05, 4.69) is 20.5 Å². The molecule has 0 saturated heterocycles. The Morgan fingerprint density at radius 2 is 2.07 bits per heavy atom. The molecule has 0 atom stereocenters. The minimum absolute atomic E-state index is 0.0131. The first-order valence-corrected chi connectivity index (χ1v) is 5.31. The van der Waals surface area contributed by atoms with Gasteiger partial charge < -0.3 is 10.4 Å². The third-order valence-electron chi connectivity index (χ3n) is 2.54. The summed E-state index contributed by atoms with van der Waals surface area (Å²) in [5.41, 5.74) is -0.0131. The van der Waals surface area contributed by atoms with E-state index in [0.717, 1.165) is 12.8 Å². The fourth-order valence-electron chi connectivity index (χ4n) is 1.24. The van der Waals surface area contributed by atoms with Crippen LogP contribution in [0.5, 0.6) is 0 Å². The Morgan fingerprint density at radius 1 is 1.33 bits per heavy atom. The van der Waals surface area contributed by atoms with E-state index < -0.39 is 0 Å². The molecule has 1 saturated carbocycles. The van der Waals surface area contributed by atoms with Crippen LogP contribution in [0.4, 0.5) is 5.82 Å². The molecular formula is C8H10Cl2N4O. The van der Waals surface area contributed by atoms with E-state index in [1.807, 2.05) is 0 Å². The summed E-state index contributed by atoms with van der Waals surface area (Å²) in [6.45, 7) is 0.794. The Hall–Kier alpha value is -0.650. The minimum atomic E-state index is -0.0131. The second kappa shape index (κ2) is 4.08. The van der Waals surface area contributed by atoms with Crippen molar-refractivity contribution >= 4 is 29.0 Å². The van der Waals surface area contributed by atoms with Crippen molar-refractivity contribution in [2.45, 2.75) is 12.8 Å². The van der Waals surface area contributed by atoms with Crippen molar-refractivity contribution < 1.29 is 5.11 Å². The molecule has 0 amide bonds. The summed E-state index contributed by atoms with van der Waals surface area (Å²) in [6.07, 6.45) is 2.03. The molecule has 0 aliphatic heterocycles. The molecule has 0 unspecified atom stereocenters. The van der Waals surface area contributed by atoms with Gasteiger partial charge in [-0.1, -0.05) is 11.6 Å². The lowest BCUT2D eigenvalue weighted by molar-refractivity contribution is 0.219. The maximum absolute atomic E-state index is 9.11. The Balaban J connectivity index is 2.01. The predicted molar refractivity (Wildman–Crippen MR) is 57.1 cm³/mol. The molecule has 0 bridgehead atoms. The summed E-state index contributed by atoms with van der Waals surface area (Å²) < 4.78 is 0. The van der Waals surface area contributed by atoms with E-state index in [0.29, 0.717) is 12.4 Å². The number of aliphatic hydroxyl groups is 1. The second-order valence-corrected chi connectivity index (χ2v) is 4.43. The number of hydrogen-bond acceptors (Lipinski definition) is 5. The van der Waals surface area contributed by atoms with Crippen LogP contribution < -0.4 is 5.32 Å². The smallest absolute Gasteiger partial charge is 0.245 e. The molecule has 1 fully saturated rings. The highest BCUT2D eigenvalue weighted by Gasteiger charge is 2.41. The SMILES string of the molecule is OCC1(CNc2nc(Cl)nnc2Cl)CC1. The second-order valence-electron chi connectivity index (χ2n) is 3.73. The molecule has 1 aromatic heterocycles. The van der Waals surface area contributed by atoms with Crippen LogP contribution >= 0.6 is 23.2 Å². The number of aliphatic hydroxyl groups excluding tert-OH is 1. The third-order valence-corrected chi connectivity index (χ3v) is 2.96.